The van der Waals surface area contributed by atoms with Crippen molar-refractivity contribution in [3.8, 4) is 0 Å². The van der Waals surface area contributed by atoms with Crippen LogP contribution in [0.15, 0.2) is 4.52 Å². The molecule has 0 saturated carbocycles. The highest BCUT2D eigenvalue weighted by Gasteiger charge is 2.29. The van der Waals surface area contributed by atoms with Gasteiger partial charge >= 0.3 is 0 Å². The molecule has 1 saturated heterocycles. The van der Waals surface area contributed by atoms with E-state index in [1.165, 1.54) is 5.56 Å². The van der Waals surface area contributed by atoms with E-state index in [1.807, 2.05) is 6.92 Å². The predicted octanol–water partition coefficient (Wildman–Crippen LogP) is 0.604. The molecule has 2 heterocycles. The van der Waals surface area contributed by atoms with Crippen LogP contribution >= 0.6 is 0 Å². The molecule has 1 aromatic heterocycles. The highest BCUT2D eigenvalue weighted by atomic mass is 16.5. The van der Waals surface area contributed by atoms with E-state index < -0.39 is 12.0 Å². The summed E-state index contributed by atoms with van der Waals surface area (Å²) in [5.74, 6) is 0.241. The predicted molar refractivity (Wildman–Crippen MR) is 73.8 cm³/mol. The van der Waals surface area contributed by atoms with E-state index in [2.05, 4.69) is 17.0 Å². The van der Waals surface area contributed by atoms with Gasteiger partial charge < -0.3 is 15.4 Å². The molecular weight excluding hydrogens is 258 g/mol. The van der Waals surface area contributed by atoms with Crippen molar-refractivity contribution < 1.29 is 14.4 Å². The zero-order valence-corrected chi connectivity index (χ0v) is 12.1. The summed E-state index contributed by atoms with van der Waals surface area (Å²) in [6.07, 6.45) is 1.43. The molecule has 0 aliphatic carbocycles. The first-order chi connectivity index (χ1) is 9.52. The molecular formula is C14H23N3O3. The fraction of sp³-hybridized carbons (Fsp3) is 0.714. The van der Waals surface area contributed by atoms with Gasteiger partial charge in [-0.05, 0) is 45.2 Å². The van der Waals surface area contributed by atoms with Crippen LogP contribution in [0.3, 0.4) is 0 Å². The smallest absolute Gasteiger partial charge is 0.246 e. The van der Waals surface area contributed by atoms with Gasteiger partial charge in [0.05, 0.1) is 5.69 Å². The SMILES string of the molecule is CCc1noc(C)c1CN1CCC([C@H](O)C(N)=O)CC1. The number of aliphatic hydroxyl groups is 1. The minimum Gasteiger partial charge on any atom is -0.383 e. The van der Waals surface area contributed by atoms with Gasteiger partial charge in [-0.15, -0.1) is 0 Å². The van der Waals surface area contributed by atoms with Crippen LogP contribution in [0.2, 0.25) is 0 Å². The maximum Gasteiger partial charge on any atom is 0.246 e. The Labute approximate surface area is 118 Å². The maximum atomic E-state index is 11.0. The molecule has 0 radical (unpaired) electrons. The van der Waals surface area contributed by atoms with E-state index in [4.69, 9.17) is 10.3 Å². The molecule has 2 rings (SSSR count). The highest BCUT2D eigenvalue weighted by molar-refractivity contribution is 5.78. The Balaban J connectivity index is 1.91. The van der Waals surface area contributed by atoms with Crippen LogP contribution < -0.4 is 5.73 Å². The number of carbonyl (C=O) groups is 1. The zero-order valence-electron chi connectivity index (χ0n) is 12.1. The number of hydrogen-bond acceptors (Lipinski definition) is 5. The first-order valence-corrected chi connectivity index (χ1v) is 7.16. The van der Waals surface area contributed by atoms with Crippen molar-refractivity contribution >= 4 is 5.91 Å². The third kappa shape index (κ3) is 3.19. The fourth-order valence-corrected chi connectivity index (χ4v) is 2.80. The highest BCUT2D eigenvalue weighted by Crippen LogP contribution is 2.24. The molecule has 6 nitrogen and oxygen atoms in total. The van der Waals surface area contributed by atoms with Crippen molar-refractivity contribution in [2.45, 2.75) is 45.8 Å². The monoisotopic (exact) mass is 281 g/mol. The number of amides is 1. The minimum atomic E-state index is -1.01. The molecule has 0 spiro atoms. The van der Waals surface area contributed by atoms with Gasteiger partial charge in [-0.1, -0.05) is 12.1 Å². The average molecular weight is 281 g/mol. The van der Waals surface area contributed by atoms with Crippen LogP contribution in [0.25, 0.3) is 0 Å². The lowest BCUT2D eigenvalue weighted by Crippen LogP contribution is -2.42. The fourth-order valence-electron chi connectivity index (χ4n) is 2.80. The molecule has 112 valence electrons. The van der Waals surface area contributed by atoms with Gasteiger partial charge in [-0.2, -0.15) is 0 Å². The van der Waals surface area contributed by atoms with Crippen molar-refractivity contribution in [1.82, 2.24) is 10.1 Å². The second-order valence-corrected chi connectivity index (χ2v) is 5.48. The largest absolute Gasteiger partial charge is 0.383 e. The Morgan fingerprint density at radius 1 is 1.55 bits per heavy atom. The lowest BCUT2D eigenvalue weighted by molar-refractivity contribution is -0.129. The molecule has 1 aliphatic heterocycles. The number of likely N-dealkylation sites (tertiary alicyclic amines) is 1. The first kappa shape index (κ1) is 15.0. The molecule has 0 aromatic carbocycles. The molecule has 1 aliphatic rings. The Morgan fingerprint density at radius 3 is 2.75 bits per heavy atom. The lowest BCUT2D eigenvalue weighted by atomic mass is 9.90. The number of nitrogens with zero attached hydrogens (tertiary/aromatic N) is 2. The summed E-state index contributed by atoms with van der Waals surface area (Å²) in [6, 6.07) is 0. The standard InChI is InChI=1S/C14H23N3O3/c1-3-12-11(9(2)20-16-12)8-17-6-4-10(5-7-17)13(18)14(15)19/h10,13,18H,3-8H2,1-2H3,(H2,15,19)/t13-/m0/s1. The zero-order chi connectivity index (χ0) is 14.7. The summed E-state index contributed by atoms with van der Waals surface area (Å²) in [7, 11) is 0. The quantitative estimate of drug-likeness (QED) is 0.824. The van der Waals surface area contributed by atoms with E-state index in [-0.39, 0.29) is 5.92 Å². The number of piperidine rings is 1. The average Bonchev–Trinajstić information content (AvgIpc) is 2.79. The maximum absolute atomic E-state index is 11.0. The summed E-state index contributed by atoms with van der Waals surface area (Å²) in [5, 5.41) is 13.8. The van der Waals surface area contributed by atoms with Crippen molar-refractivity contribution in [2.24, 2.45) is 11.7 Å². The number of rotatable bonds is 5. The first-order valence-electron chi connectivity index (χ1n) is 7.16. The normalized spacial score (nSPS) is 19.1. The number of nitrogens with two attached hydrogens (primary N) is 1. The van der Waals surface area contributed by atoms with Gasteiger partial charge in [-0.3, -0.25) is 9.69 Å². The van der Waals surface area contributed by atoms with Crippen LogP contribution in [-0.4, -0.2) is 40.3 Å². The van der Waals surface area contributed by atoms with E-state index in [9.17, 15) is 9.90 Å². The Bertz CT molecular complexity index is 464. The molecule has 1 fully saturated rings. The van der Waals surface area contributed by atoms with Gasteiger partial charge in [-0.25, -0.2) is 0 Å². The number of aromatic nitrogens is 1. The lowest BCUT2D eigenvalue weighted by Gasteiger charge is -2.33. The summed E-state index contributed by atoms with van der Waals surface area (Å²) in [5.41, 5.74) is 7.33. The molecule has 0 bridgehead atoms. The third-order valence-electron chi connectivity index (χ3n) is 4.15. The van der Waals surface area contributed by atoms with E-state index in [1.54, 1.807) is 0 Å². The third-order valence-corrected chi connectivity index (χ3v) is 4.15. The van der Waals surface area contributed by atoms with Crippen molar-refractivity contribution in [3.05, 3.63) is 17.0 Å². The second-order valence-electron chi connectivity index (χ2n) is 5.48. The molecule has 0 unspecified atom stereocenters. The van der Waals surface area contributed by atoms with Crippen LogP contribution in [-0.2, 0) is 17.8 Å². The van der Waals surface area contributed by atoms with E-state index >= 15 is 0 Å². The van der Waals surface area contributed by atoms with Gasteiger partial charge in [0.15, 0.2) is 0 Å². The van der Waals surface area contributed by atoms with Gasteiger partial charge in [0.1, 0.15) is 11.9 Å². The Morgan fingerprint density at radius 2 is 2.20 bits per heavy atom. The summed E-state index contributed by atoms with van der Waals surface area (Å²) >= 11 is 0. The topological polar surface area (TPSA) is 92.6 Å². The molecule has 3 N–H and O–H groups in total. The van der Waals surface area contributed by atoms with Crippen LogP contribution in [0.1, 0.15) is 36.8 Å². The van der Waals surface area contributed by atoms with Gasteiger partial charge in [0.2, 0.25) is 5.91 Å². The number of aryl methyl sites for hydroxylation is 2. The Hall–Kier alpha value is -1.40. The van der Waals surface area contributed by atoms with E-state index in [0.29, 0.717) is 0 Å². The Kier molecular flexibility index (Phi) is 4.77. The number of primary amides is 1. The molecule has 1 aromatic rings. The summed E-state index contributed by atoms with van der Waals surface area (Å²) in [4.78, 5) is 13.3. The molecule has 20 heavy (non-hydrogen) atoms. The molecule has 1 amide bonds. The second kappa shape index (κ2) is 6.37. The molecule has 6 heteroatoms. The number of hydrogen-bond donors (Lipinski definition) is 2. The van der Waals surface area contributed by atoms with Crippen molar-refractivity contribution in [3.63, 3.8) is 0 Å². The van der Waals surface area contributed by atoms with Crippen LogP contribution in [0, 0.1) is 12.8 Å². The van der Waals surface area contributed by atoms with Gasteiger partial charge in [0.25, 0.3) is 0 Å². The number of aliphatic hydroxyl groups excluding tert-OH is 1. The van der Waals surface area contributed by atoms with Crippen LogP contribution in [0.5, 0.6) is 0 Å². The van der Waals surface area contributed by atoms with E-state index in [0.717, 1.165) is 50.4 Å². The summed E-state index contributed by atoms with van der Waals surface area (Å²) in [6.45, 7) is 6.52. The minimum absolute atomic E-state index is 0.0158. The van der Waals surface area contributed by atoms with Crippen molar-refractivity contribution in [1.29, 1.82) is 0 Å². The number of carbonyl (C=O) groups excluding carboxylic acids is 1. The van der Waals surface area contributed by atoms with Crippen LogP contribution in [0.4, 0.5) is 0 Å². The summed E-state index contributed by atoms with van der Waals surface area (Å²) < 4.78 is 5.24. The molecule has 1 atom stereocenters. The van der Waals surface area contributed by atoms with Crippen molar-refractivity contribution in [2.75, 3.05) is 13.1 Å². The van der Waals surface area contributed by atoms with Gasteiger partial charge in [0, 0.05) is 12.1 Å².